The predicted octanol–water partition coefficient (Wildman–Crippen LogP) is 13.2. The molecule has 0 aliphatic rings. The molecule has 1 heterocycles. The van der Waals surface area contributed by atoms with E-state index in [0.29, 0.717) is 0 Å². The van der Waals surface area contributed by atoms with Crippen LogP contribution in [0.15, 0.2) is 192 Å². The van der Waals surface area contributed by atoms with Crippen LogP contribution in [0.3, 0.4) is 0 Å². The molecule has 0 radical (unpaired) electrons. The monoisotopic (exact) mass is 613 g/mol. The topological polar surface area (TPSA) is 16.4 Å². The molecule has 0 unspecified atom stereocenters. The number of para-hydroxylation sites is 1. The van der Waals surface area contributed by atoms with Crippen LogP contribution in [-0.2, 0) is 0 Å². The van der Waals surface area contributed by atoms with Gasteiger partial charge in [0.2, 0.25) is 0 Å². The summed E-state index contributed by atoms with van der Waals surface area (Å²) in [6, 6.07) is 67.0. The molecular formula is C46H31NO. The second kappa shape index (κ2) is 11.8. The van der Waals surface area contributed by atoms with E-state index in [2.05, 4.69) is 193 Å². The molecule has 0 bridgehead atoms. The second-order valence-electron chi connectivity index (χ2n) is 12.2. The maximum Gasteiger partial charge on any atom is 0.136 e. The predicted molar refractivity (Wildman–Crippen MR) is 202 cm³/mol. The summed E-state index contributed by atoms with van der Waals surface area (Å²) in [6.07, 6.45) is 0. The molecule has 8 aromatic carbocycles. The molecular weight excluding hydrogens is 583 g/mol. The number of fused-ring (bicyclic) bond motifs is 4. The summed E-state index contributed by atoms with van der Waals surface area (Å²) < 4.78 is 6.39. The van der Waals surface area contributed by atoms with Crippen molar-refractivity contribution in [3.05, 3.63) is 188 Å². The highest BCUT2D eigenvalue weighted by Gasteiger charge is 2.19. The first kappa shape index (κ1) is 27.9. The van der Waals surface area contributed by atoms with Gasteiger partial charge < -0.3 is 9.32 Å². The van der Waals surface area contributed by atoms with E-state index in [0.717, 1.165) is 50.1 Å². The lowest BCUT2D eigenvalue weighted by Gasteiger charge is -2.28. The van der Waals surface area contributed by atoms with Crippen LogP contribution in [-0.4, -0.2) is 0 Å². The van der Waals surface area contributed by atoms with Crippen molar-refractivity contribution in [3.63, 3.8) is 0 Å². The summed E-state index contributed by atoms with van der Waals surface area (Å²) in [5.74, 6) is 0. The maximum absolute atomic E-state index is 6.39. The first-order chi connectivity index (χ1) is 23.8. The number of benzene rings is 8. The number of nitrogens with zero attached hydrogens (tertiary/aromatic N) is 1. The van der Waals surface area contributed by atoms with E-state index in [9.17, 15) is 0 Å². The Kier molecular flexibility index (Phi) is 6.84. The molecule has 0 spiro atoms. The van der Waals surface area contributed by atoms with Crippen LogP contribution in [0.2, 0.25) is 0 Å². The molecule has 1 aromatic heterocycles. The normalized spacial score (nSPS) is 11.3. The van der Waals surface area contributed by atoms with Crippen molar-refractivity contribution in [1.29, 1.82) is 0 Å². The van der Waals surface area contributed by atoms with Gasteiger partial charge in [0.25, 0.3) is 0 Å². The van der Waals surface area contributed by atoms with Crippen LogP contribution in [0, 0.1) is 0 Å². The molecule has 0 aliphatic heterocycles. The van der Waals surface area contributed by atoms with Gasteiger partial charge in [-0.05, 0) is 87.1 Å². The Morgan fingerprint density at radius 3 is 1.52 bits per heavy atom. The lowest BCUT2D eigenvalue weighted by Crippen LogP contribution is -2.11. The van der Waals surface area contributed by atoms with Gasteiger partial charge in [-0.1, -0.05) is 140 Å². The van der Waals surface area contributed by atoms with Crippen molar-refractivity contribution in [2.45, 2.75) is 0 Å². The molecule has 0 saturated carbocycles. The molecule has 226 valence electrons. The molecule has 0 aliphatic carbocycles. The average Bonchev–Trinajstić information content (AvgIpc) is 3.52. The van der Waals surface area contributed by atoms with Crippen LogP contribution in [0.1, 0.15) is 0 Å². The summed E-state index contributed by atoms with van der Waals surface area (Å²) in [4.78, 5) is 2.37. The quantitative estimate of drug-likeness (QED) is 0.185. The number of hydrogen-bond donors (Lipinski definition) is 0. The highest BCUT2D eigenvalue weighted by atomic mass is 16.3. The molecule has 0 saturated heterocycles. The van der Waals surface area contributed by atoms with Gasteiger partial charge in [-0.2, -0.15) is 0 Å². The van der Waals surface area contributed by atoms with Crippen molar-refractivity contribution in [3.8, 4) is 33.4 Å². The minimum absolute atomic E-state index is 0.883. The van der Waals surface area contributed by atoms with Gasteiger partial charge >= 0.3 is 0 Å². The van der Waals surface area contributed by atoms with Crippen molar-refractivity contribution < 1.29 is 4.42 Å². The Bertz CT molecular complexity index is 2530. The Morgan fingerprint density at radius 2 is 0.833 bits per heavy atom. The summed E-state index contributed by atoms with van der Waals surface area (Å²) >= 11 is 0. The standard InChI is InChI=1S/C46H31NO/c1-3-11-32(12-4-1)34-19-21-36(22-20-34)41-17-9-10-18-44(41)47(39-25-23-35(24-26-39)33-13-5-2-6-14-33)40-27-28-45-43(31-40)42-29-37-15-7-8-16-38(37)30-46(42)48-45/h1-31H. The minimum atomic E-state index is 0.883. The molecule has 0 N–H and O–H groups in total. The van der Waals surface area contributed by atoms with E-state index in [1.807, 2.05) is 0 Å². The van der Waals surface area contributed by atoms with E-state index < -0.39 is 0 Å². The molecule has 9 rings (SSSR count). The zero-order valence-corrected chi connectivity index (χ0v) is 26.3. The smallest absolute Gasteiger partial charge is 0.136 e. The van der Waals surface area contributed by atoms with Gasteiger partial charge in [0.05, 0.1) is 5.69 Å². The third-order valence-corrected chi connectivity index (χ3v) is 9.26. The zero-order valence-electron chi connectivity index (χ0n) is 26.3. The summed E-state index contributed by atoms with van der Waals surface area (Å²) in [7, 11) is 0. The second-order valence-corrected chi connectivity index (χ2v) is 12.2. The van der Waals surface area contributed by atoms with E-state index in [1.165, 1.54) is 33.0 Å². The summed E-state index contributed by atoms with van der Waals surface area (Å²) in [6.45, 7) is 0. The first-order valence-electron chi connectivity index (χ1n) is 16.3. The summed E-state index contributed by atoms with van der Waals surface area (Å²) in [5.41, 5.74) is 12.2. The van der Waals surface area contributed by atoms with Crippen molar-refractivity contribution in [2.75, 3.05) is 4.90 Å². The van der Waals surface area contributed by atoms with Gasteiger partial charge in [-0.25, -0.2) is 0 Å². The molecule has 0 atom stereocenters. The number of anilines is 3. The van der Waals surface area contributed by atoms with Crippen LogP contribution in [0.4, 0.5) is 17.1 Å². The van der Waals surface area contributed by atoms with Gasteiger partial charge in [0.1, 0.15) is 11.2 Å². The van der Waals surface area contributed by atoms with Crippen LogP contribution >= 0.6 is 0 Å². The van der Waals surface area contributed by atoms with Crippen molar-refractivity contribution in [1.82, 2.24) is 0 Å². The molecule has 2 nitrogen and oxygen atoms in total. The van der Waals surface area contributed by atoms with E-state index in [1.54, 1.807) is 0 Å². The number of hydrogen-bond acceptors (Lipinski definition) is 2. The van der Waals surface area contributed by atoms with Gasteiger partial charge in [-0.3, -0.25) is 0 Å². The Hall–Kier alpha value is -6.38. The molecule has 9 aromatic rings. The van der Waals surface area contributed by atoms with Gasteiger partial charge in [-0.15, -0.1) is 0 Å². The highest BCUT2D eigenvalue weighted by molar-refractivity contribution is 6.11. The number of rotatable bonds is 6. The lowest BCUT2D eigenvalue weighted by molar-refractivity contribution is 0.669. The Labute approximate surface area is 279 Å². The number of furan rings is 1. The van der Waals surface area contributed by atoms with E-state index >= 15 is 0 Å². The SMILES string of the molecule is c1ccc(-c2ccc(-c3ccccc3N(c3ccc(-c4ccccc4)cc3)c3ccc4oc5cc6ccccc6cc5c4c3)cc2)cc1. The minimum Gasteiger partial charge on any atom is -0.456 e. The fourth-order valence-electron chi connectivity index (χ4n) is 6.84. The van der Waals surface area contributed by atoms with Crippen LogP contribution in [0.25, 0.3) is 66.1 Å². The van der Waals surface area contributed by atoms with Gasteiger partial charge in [0, 0.05) is 27.7 Å². The fraction of sp³-hybridized carbons (Fsp3) is 0. The molecule has 0 fully saturated rings. The molecule has 48 heavy (non-hydrogen) atoms. The van der Waals surface area contributed by atoms with Crippen LogP contribution in [0.5, 0.6) is 0 Å². The lowest BCUT2D eigenvalue weighted by atomic mass is 9.98. The molecule has 2 heteroatoms. The van der Waals surface area contributed by atoms with Crippen molar-refractivity contribution in [2.24, 2.45) is 0 Å². The van der Waals surface area contributed by atoms with E-state index in [-0.39, 0.29) is 0 Å². The highest BCUT2D eigenvalue weighted by Crippen LogP contribution is 2.43. The third-order valence-electron chi connectivity index (χ3n) is 9.26. The van der Waals surface area contributed by atoms with Crippen molar-refractivity contribution >= 4 is 49.8 Å². The third kappa shape index (κ3) is 5.01. The maximum atomic E-state index is 6.39. The fourth-order valence-corrected chi connectivity index (χ4v) is 6.84. The molecule has 0 amide bonds. The van der Waals surface area contributed by atoms with E-state index in [4.69, 9.17) is 4.42 Å². The summed E-state index contributed by atoms with van der Waals surface area (Å²) in [5, 5.41) is 4.60. The Balaban J connectivity index is 1.21. The average molecular weight is 614 g/mol. The Morgan fingerprint density at radius 1 is 0.333 bits per heavy atom. The zero-order chi connectivity index (χ0) is 31.9. The van der Waals surface area contributed by atoms with Gasteiger partial charge in [0.15, 0.2) is 0 Å². The van der Waals surface area contributed by atoms with Crippen LogP contribution < -0.4 is 4.90 Å². The largest absolute Gasteiger partial charge is 0.456 e. The first-order valence-corrected chi connectivity index (χ1v) is 16.3.